The molecular weight excluding hydrogens is 307 g/mol. The molecule has 2 aromatic rings. The summed E-state index contributed by atoms with van der Waals surface area (Å²) in [5.41, 5.74) is 0.632. The maximum Gasteiger partial charge on any atom is 0.150 e. The Bertz CT molecular complexity index is 591. The third kappa shape index (κ3) is 1.74. The number of hydrogen-bond acceptors (Lipinski definition) is 2. The molecule has 0 radical (unpaired) electrons. The van der Waals surface area contributed by atoms with E-state index in [-0.39, 0.29) is 10.8 Å². The Kier molecular flexibility index (Phi) is 3.05. The van der Waals surface area contributed by atoms with Crippen LogP contribution >= 0.6 is 23.2 Å². The highest BCUT2D eigenvalue weighted by molar-refractivity contribution is 6.31. The maximum atomic E-state index is 6.65. The van der Waals surface area contributed by atoms with E-state index in [1.165, 1.54) is 0 Å². The zero-order valence-electron chi connectivity index (χ0n) is 11.2. The van der Waals surface area contributed by atoms with Crippen LogP contribution < -0.4 is 0 Å². The van der Waals surface area contributed by atoms with Gasteiger partial charge in [0, 0.05) is 6.42 Å². The van der Waals surface area contributed by atoms with Crippen LogP contribution in [0, 0.1) is 0 Å². The zero-order valence-corrected chi connectivity index (χ0v) is 12.7. The van der Waals surface area contributed by atoms with Crippen LogP contribution in [0.5, 0.6) is 0 Å². The van der Waals surface area contributed by atoms with Crippen LogP contribution in [0.2, 0.25) is 0 Å². The van der Waals surface area contributed by atoms with E-state index in [1.807, 2.05) is 60.7 Å². The van der Waals surface area contributed by atoms with Gasteiger partial charge in [0.1, 0.15) is 11.2 Å². The predicted molar refractivity (Wildman–Crippen MR) is 82.3 cm³/mol. The fourth-order valence-corrected chi connectivity index (χ4v) is 4.30. The Hall–Kier alpha value is -1.06. The van der Waals surface area contributed by atoms with Gasteiger partial charge >= 0.3 is 0 Å². The van der Waals surface area contributed by atoms with Gasteiger partial charge in [-0.2, -0.15) is 0 Å². The number of fused-ring (bicyclic) bond motifs is 2. The van der Waals surface area contributed by atoms with Crippen molar-refractivity contribution in [1.82, 2.24) is 0 Å². The van der Waals surface area contributed by atoms with Crippen molar-refractivity contribution in [2.24, 2.45) is 0 Å². The summed E-state index contributed by atoms with van der Waals surface area (Å²) in [6.07, 6.45) is 0.621. The fourth-order valence-electron chi connectivity index (χ4n) is 3.42. The number of rotatable bonds is 2. The lowest BCUT2D eigenvalue weighted by Gasteiger charge is -2.35. The summed E-state index contributed by atoms with van der Waals surface area (Å²) < 4.78 is 0. The van der Waals surface area contributed by atoms with Gasteiger partial charge in [-0.25, -0.2) is 9.78 Å². The molecular formula is C17H14Cl2O2. The van der Waals surface area contributed by atoms with Gasteiger partial charge in [-0.05, 0) is 11.1 Å². The molecule has 1 heterocycles. The molecule has 4 unspecified atom stereocenters. The van der Waals surface area contributed by atoms with Gasteiger partial charge in [-0.15, -0.1) is 23.2 Å². The Balaban J connectivity index is 1.83. The van der Waals surface area contributed by atoms with Gasteiger partial charge in [0.2, 0.25) is 0 Å². The lowest BCUT2D eigenvalue weighted by molar-refractivity contribution is -0.378. The molecule has 2 bridgehead atoms. The van der Waals surface area contributed by atoms with Crippen molar-refractivity contribution in [3.8, 4) is 0 Å². The average molecular weight is 321 g/mol. The van der Waals surface area contributed by atoms with Gasteiger partial charge in [-0.1, -0.05) is 60.7 Å². The van der Waals surface area contributed by atoms with E-state index >= 15 is 0 Å². The maximum absolute atomic E-state index is 6.65. The monoisotopic (exact) mass is 320 g/mol. The molecule has 21 heavy (non-hydrogen) atoms. The minimum Gasteiger partial charge on any atom is -0.222 e. The molecule has 1 aliphatic carbocycles. The van der Waals surface area contributed by atoms with Crippen LogP contribution in [-0.4, -0.2) is 10.8 Å². The summed E-state index contributed by atoms with van der Waals surface area (Å²) in [6.45, 7) is 0. The minimum absolute atomic E-state index is 0.351. The average Bonchev–Trinajstić information content (AvgIpc) is 3.06. The quantitative estimate of drug-likeness (QED) is 0.604. The van der Waals surface area contributed by atoms with Crippen molar-refractivity contribution >= 4 is 23.2 Å². The highest BCUT2D eigenvalue weighted by atomic mass is 35.5. The summed E-state index contributed by atoms with van der Waals surface area (Å²) in [6, 6.07) is 19.9. The summed E-state index contributed by atoms with van der Waals surface area (Å²) in [7, 11) is 0. The van der Waals surface area contributed by atoms with Crippen LogP contribution in [0.4, 0.5) is 0 Å². The molecule has 4 atom stereocenters. The Morgan fingerprint density at radius 2 is 1.10 bits per heavy atom. The first-order valence-corrected chi connectivity index (χ1v) is 7.82. The summed E-state index contributed by atoms with van der Waals surface area (Å²) in [5, 5.41) is -0.703. The van der Waals surface area contributed by atoms with Crippen molar-refractivity contribution in [1.29, 1.82) is 0 Å². The Labute approximate surface area is 133 Å². The first-order chi connectivity index (χ1) is 10.2. The summed E-state index contributed by atoms with van der Waals surface area (Å²) >= 11 is 13.3. The van der Waals surface area contributed by atoms with Crippen LogP contribution in [-0.2, 0) is 21.0 Å². The van der Waals surface area contributed by atoms with Crippen LogP contribution in [0.3, 0.4) is 0 Å². The molecule has 2 aliphatic rings. The van der Waals surface area contributed by atoms with Crippen molar-refractivity contribution in [2.45, 2.75) is 28.4 Å². The van der Waals surface area contributed by atoms with Crippen molar-refractivity contribution in [2.75, 3.05) is 0 Å². The Morgan fingerprint density at radius 3 is 1.48 bits per heavy atom. The second-order valence-corrected chi connectivity index (χ2v) is 6.60. The molecule has 2 nitrogen and oxygen atoms in total. The van der Waals surface area contributed by atoms with Crippen LogP contribution in [0.15, 0.2) is 60.7 Å². The normalized spacial score (nSPS) is 37.8. The Morgan fingerprint density at radius 1 is 0.714 bits per heavy atom. The lowest BCUT2D eigenvalue weighted by atomic mass is 9.87. The van der Waals surface area contributed by atoms with E-state index in [0.717, 1.165) is 11.1 Å². The van der Waals surface area contributed by atoms with Gasteiger partial charge in [0.15, 0.2) is 0 Å². The third-order valence-corrected chi connectivity index (χ3v) is 5.87. The molecule has 108 valence electrons. The standard InChI is InChI=1S/C17H14Cl2O2/c18-14-15(19)17(13-9-5-2-6-10-13)11-16(14,20-21-17)12-7-3-1-4-8-12/h1-10,14-15H,11H2. The van der Waals surface area contributed by atoms with Gasteiger partial charge in [0.25, 0.3) is 0 Å². The smallest absolute Gasteiger partial charge is 0.150 e. The molecule has 4 rings (SSSR count). The summed E-state index contributed by atoms with van der Waals surface area (Å²) in [4.78, 5) is 11.5. The number of benzene rings is 2. The van der Waals surface area contributed by atoms with E-state index in [4.69, 9.17) is 33.0 Å². The van der Waals surface area contributed by atoms with Crippen LogP contribution in [0.25, 0.3) is 0 Å². The van der Waals surface area contributed by atoms with E-state index in [0.29, 0.717) is 6.42 Å². The van der Waals surface area contributed by atoms with Gasteiger partial charge < -0.3 is 0 Å². The molecule has 2 aromatic carbocycles. The SMILES string of the molecule is ClC1C(Cl)C2(c3ccccc3)CC1(c1ccccc1)OO2. The highest BCUT2D eigenvalue weighted by Gasteiger charge is 2.70. The third-order valence-electron chi connectivity index (χ3n) is 4.54. The van der Waals surface area contributed by atoms with E-state index < -0.39 is 11.2 Å². The fraction of sp³-hybridized carbons (Fsp3) is 0.294. The second kappa shape index (κ2) is 4.72. The van der Waals surface area contributed by atoms with Crippen molar-refractivity contribution in [3.05, 3.63) is 71.8 Å². The molecule has 2 fully saturated rings. The first kappa shape index (κ1) is 13.6. The molecule has 0 aromatic heterocycles. The summed E-state index contributed by atoms with van der Waals surface area (Å²) in [5.74, 6) is 0. The largest absolute Gasteiger partial charge is 0.222 e. The number of hydrogen-bond donors (Lipinski definition) is 0. The number of alkyl halides is 2. The molecule has 1 saturated carbocycles. The zero-order chi connectivity index (χ0) is 14.5. The van der Waals surface area contributed by atoms with Gasteiger partial charge in [0.05, 0.1) is 10.8 Å². The van der Waals surface area contributed by atoms with Crippen molar-refractivity contribution < 1.29 is 9.78 Å². The predicted octanol–water partition coefficient (Wildman–Crippen LogP) is 4.36. The van der Waals surface area contributed by atoms with E-state index in [9.17, 15) is 0 Å². The van der Waals surface area contributed by atoms with Crippen molar-refractivity contribution in [3.63, 3.8) is 0 Å². The molecule has 0 N–H and O–H groups in total. The highest BCUT2D eigenvalue weighted by Crippen LogP contribution is 2.63. The molecule has 4 heteroatoms. The molecule has 0 spiro atoms. The second-order valence-electron chi connectivity index (χ2n) is 5.66. The van der Waals surface area contributed by atoms with E-state index in [1.54, 1.807) is 0 Å². The van der Waals surface area contributed by atoms with Crippen LogP contribution in [0.1, 0.15) is 17.5 Å². The lowest BCUT2D eigenvalue weighted by Crippen LogP contribution is -2.43. The molecule has 1 saturated heterocycles. The van der Waals surface area contributed by atoms with Gasteiger partial charge in [-0.3, -0.25) is 0 Å². The molecule has 1 aliphatic heterocycles. The first-order valence-electron chi connectivity index (χ1n) is 6.95. The topological polar surface area (TPSA) is 18.5 Å². The number of halogens is 2. The minimum atomic E-state index is -0.689. The molecule has 0 amide bonds. The van der Waals surface area contributed by atoms with E-state index in [2.05, 4.69) is 0 Å².